The summed E-state index contributed by atoms with van der Waals surface area (Å²) in [6.07, 6.45) is 1.94. The molecule has 2 aromatic carbocycles. The summed E-state index contributed by atoms with van der Waals surface area (Å²) in [5, 5.41) is 2.64. The Morgan fingerprint density at radius 1 is 1.14 bits per heavy atom. The van der Waals surface area contributed by atoms with Crippen molar-refractivity contribution in [2.45, 2.75) is 4.90 Å². The topological polar surface area (TPSA) is 38.9 Å². The quantitative estimate of drug-likeness (QED) is 0.550. The number of aromatic nitrogens is 1. The largest absolute Gasteiger partial charge is 0.399 e. The fourth-order valence-electron chi connectivity index (χ4n) is 2.06. The van der Waals surface area contributed by atoms with Gasteiger partial charge in [-0.2, -0.15) is 0 Å². The molecule has 1 heterocycles. The number of nitrogen functional groups attached to an aromatic ring is 1. The number of nitrogens with zero attached hydrogens (tertiary/aromatic N) is 1. The lowest BCUT2D eigenvalue weighted by Gasteiger charge is -2.05. The highest BCUT2D eigenvalue weighted by Crippen LogP contribution is 2.36. The molecule has 2 nitrogen and oxygen atoms in total. The van der Waals surface area contributed by atoms with Crippen LogP contribution in [0.15, 0.2) is 52.7 Å². The number of halogens is 1. The number of rotatable bonds is 3. The summed E-state index contributed by atoms with van der Waals surface area (Å²) in [6.45, 7) is 0. The Kier molecular flexibility index (Phi) is 3.94. The minimum Gasteiger partial charge on any atom is -0.399 e. The van der Waals surface area contributed by atoms with Crippen molar-refractivity contribution in [1.29, 1.82) is 0 Å². The van der Waals surface area contributed by atoms with E-state index in [1.54, 1.807) is 6.07 Å². The Morgan fingerprint density at radius 2 is 1.90 bits per heavy atom. The Labute approximate surface area is 130 Å². The Morgan fingerprint density at radius 3 is 2.62 bits per heavy atom. The van der Waals surface area contributed by atoms with E-state index in [4.69, 9.17) is 5.73 Å². The SMILES string of the molecule is CSc1cccc(F)c1-c1nc(-c2ccc(N)cc2)cs1. The van der Waals surface area contributed by atoms with Gasteiger partial charge in [0.05, 0.1) is 11.3 Å². The van der Waals surface area contributed by atoms with E-state index in [1.165, 1.54) is 29.2 Å². The van der Waals surface area contributed by atoms with Gasteiger partial charge in [0.2, 0.25) is 0 Å². The monoisotopic (exact) mass is 316 g/mol. The summed E-state index contributed by atoms with van der Waals surface area (Å²) in [5.41, 5.74) is 8.80. The van der Waals surface area contributed by atoms with E-state index in [2.05, 4.69) is 4.98 Å². The minimum absolute atomic E-state index is 0.236. The molecule has 0 saturated carbocycles. The highest BCUT2D eigenvalue weighted by molar-refractivity contribution is 7.98. The molecule has 0 amide bonds. The van der Waals surface area contributed by atoms with Gasteiger partial charge in [0.15, 0.2) is 0 Å². The van der Waals surface area contributed by atoms with Crippen molar-refractivity contribution in [2.24, 2.45) is 0 Å². The number of thiazole rings is 1. The zero-order valence-corrected chi connectivity index (χ0v) is 13.0. The Bertz CT molecular complexity index is 766. The molecule has 0 atom stereocenters. The van der Waals surface area contributed by atoms with Crippen molar-refractivity contribution in [1.82, 2.24) is 4.98 Å². The second-order valence-electron chi connectivity index (χ2n) is 4.48. The van der Waals surface area contributed by atoms with Gasteiger partial charge in [-0.1, -0.05) is 18.2 Å². The maximum Gasteiger partial charge on any atom is 0.134 e. The van der Waals surface area contributed by atoms with Gasteiger partial charge in [-0.25, -0.2) is 9.37 Å². The molecule has 0 aliphatic heterocycles. The third kappa shape index (κ3) is 2.80. The number of nitrogens with two attached hydrogens (primary N) is 1. The molecule has 2 N–H and O–H groups in total. The third-order valence-electron chi connectivity index (χ3n) is 3.12. The molecule has 0 bridgehead atoms. The molecule has 0 radical (unpaired) electrons. The number of thioether (sulfide) groups is 1. The van der Waals surface area contributed by atoms with E-state index < -0.39 is 0 Å². The predicted molar refractivity (Wildman–Crippen MR) is 89.1 cm³/mol. The van der Waals surface area contributed by atoms with Crippen molar-refractivity contribution < 1.29 is 4.39 Å². The van der Waals surface area contributed by atoms with Crippen molar-refractivity contribution in [2.75, 3.05) is 12.0 Å². The Hall–Kier alpha value is -1.85. The molecule has 0 saturated heterocycles. The van der Waals surface area contributed by atoms with Crippen LogP contribution in [-0.2, 0) is 0 Å². The van der Waals surface area contributed by atoms with Crippen LogP contribution in [0.3, 0.4) is 0 Å². The third-order valence-corrected chi connectivity index (χ3v) is 4.76. The molecule has 0 aliphatic rings. The lowest BCUT2D eigenvalue weighted by atomic mass is 10.1. The smallest absolute Gasteiger partial charge is 0.134 e. The molecule has 3 aromatic rings. The number of benzene rings is 2. The molecule has 0 spiro atoms. The van der Waals surface area contributed by atoms with E-state index >= 15 is 0 Å². The van der Waals surface area contributed by atoms with Crippen LogP contribution in [0.1, 0.15) is 0 Å². The van der Waals surface area contributed by atoms with Crippen LogP contribution in [0.4, 0.5) is 10.1 Å². The van der Waals surface area contributed by atoms with Gasteiger partial charge in [-0.15, -0.1) is 23.1 Å². The fourth-order valence-corrected chi connectivity index (χ4v) is 3.62. The number of hydrogen-bond acceptors (Lipinski definition) is 4. The lowest BCUT2D eigenvalue weighted by Crippen LogP contribution is -1.88. The van der Waals surface area contributed by atoms with E-state index in [0.29, 0.717) is 16.3 Å². The van der Waals surface area contributed by atoms with Crippen LogP contribution in [0.25, 0.3) is 21.8 Å². The minimum atomic E-state index is -0.236. The number of hydrogen-bond donors (Lipinski definition) is 1. The van der Waals surface area contributed by atoms with Gasteiger partial charge in [0.1, 0.15) is 10.8 Å². The average molecular weight is 316 g/mol. The van der Waals surface area contributed by atoms with E-state index in [9.17, 15) is 4.39 Å². The first kappa shape index (κ1) is 14.1. The van der Waals surface area contributed by atoms with Gasteiger partial charge in [-0.05, 0) is 30.5 Å². The summed E-state index contributed by atoms with van der Waals surface area (Å²) in [4.78, 5) is 5.47. The normalized spacial score (nSPS) is 10.8. The molecule has 21 heavy (non-hydrogen) atoms. The molecule has 0 fully saturated rings. The van der Waals surface area contributed by atoms with Crippen molar-refractivity contribution >= 4 is 28.8 Å². The van der Waals surface area contributed by atoms with Crippen molar-refractivity contribution in [3.05, 3.63) is 53.7 Å². The van der Waals surface area contributed by atoms with E-state index in [1.807, 2.05) is 42.0 Å². The Balaban J connectivity index is 2.05. The van der Waals surface area contributed by atoms with Crippen LogP contribution in [0.5, 0.6) is 0 Å². The van der Waals surface area contributed by atoms with Gasteiger partial charge < -0.3 is 5.73 Å². The van der Waals surface area contributed by atoms with Crippen LogP contribution in [0.2, 0.25) is 0 Å². The average Bonchev–Trinajstić information content (AvgIpc) is 2.97. The van der Waals surface area contributed by atoms with Gasteiger partial charge >= 0.3 is 0 Å². The summed E-state index contributed by atoms with van der Waals surface area (Å²) in [5.74, 6) is -0.236. The highest BCUT2D eigenvalue weighted by atomic mass is 32.2. The standard InChI is InChI=1S/C16H13FN2S2/c1-20-14-4-2-3-12(17)15(14)16-19-13(9-21-16)10-5-7-11(18)8-6-10/h2-9H,18H2,1H3. The maximum atomic E-state index is 14.1. The van der Waals surface area contributed by atoms with Crippen molar-refractivity contribution in [3.63, 3.8) is 0 Å². The molecular weight excluding hydrogens is 303 g/mol. The van der Waals surface area contributed by atoms with Gasteiger partial charge in [0, 0.05) is 21.5 Å². The van der Waals surface area contributed by atoms with Crippen LogP contribution in [0, 0.1) is 5.82 Å². The fraction of sp³-hybridized carbons (Fsp3) is 0.0625. The second kappa shape index (κ2) is 5.87. The first-order chi connectivity index (χ1) is 10.2. The van der Waals surface area contributed by atoms with E-state index in [-0.39, 0.29) is 5.82 Å². The summed E-state index contributed by atoms with van der Waals surface area (Å²) < 4.78 is 14.1. The van der Waals surface area contributed by atoms with E-state index in [0.717, 1.165) is 16.2 Å². The lowest BCUT2D eigenvalue weighted by molar-refractivity contribution is 0.628. The van der Waals surface area contributed by atoms with Crippen LogP contribution < -0.4 is 5.73 Å². The first-order valence-corrected chi connectivity index (χ1v) is 8.44. The summed E-state index contributed by atoms with van der Waals surface area (Å²) in [6, 6.07) is 12.6. The summed E-state index contributed by atoms with van der Waals surface area (Å²) >= 11 is 2.97. The number of anilines is 1. The predicted octanol–water partition coefficient (Wildman–Crippen LogP) is 4.92. The first-order valence-electron chi connectivity index (χ1n) is 6.33. The molecule has 0 aliphatic carbocycles. The molecule has 0 unspecified atom stereocenters. The van der Waals surface area contributed by atoms with Crippen LogP contribution >= 0.6 is 23.1 Å². The van der Waals surface area contributed by atoms with Crippen LogP contribution in [-0.4, -0.2) is 11.2 Å². The zero-order chi connectivity index (χ0) is 14.8. The molecule has 5 heteroatoms. The van der Waals surface area contributed by atoms with Gasteiger partial charge in [-0.3, -0.25) is 0 Å². The molecule has 3 rings (SSSR count). The zero-order valence-electron chi connectivity index (χ0n) is 11.3. The van der Waals surface area contributed by atoms with Gasteiger partial charge in [0.25, 0.3) is 0 Å². The summed E-state index contributed by atoms with van der Waals surface area (Å²) in [7, 11) is 0. The highest BCUT2D eigenvalue weighted by Gasteiger charge is 2.14. The maximum absolute atomic E-state index is 14.1. The van der Waals surface area contributed by atoms with Crippen molar-refractivity contribution in [3.8, 4) is 21.8 Å². The second-order valence-corrected chi connectivity index (χ2v) is 6.18. The molecule has 106 valence electrons. The molecule has 1 aromatic heterocycles. The molecular formula is C16H13FN2S2.